The van der Waals surface area contributed by atoms with Crippen LogP contribution in [0.5, 0.6) is 0 Å². The minimum Gasteiger partial charge on any atom is -0.313 e. The van der Waals surface area contributed by atoms with Crippen LogP contribution in [0.2, 0.25) is 0 Å². The smallest absolute Gasteiger partial charge is 0.252 e. The van der Waals surface area contributed by atoms with Gasteiger partial charge in [-0.15, -0.1) is 0 Å². The first-order valence-electron chi connectivity index (χ1n) is 7.96. The summed E-state index contributed by atoms with van der Waals surface area (Å²) < 4.78 is 0. The van der Waals surface area contributed by atoms with Gasteiger partial charge in [0.15, 0.2) is 5.82 Å². The molecule has 10 nitrogen and oxygen atoms in total. The Balaban J connectivity index is 0.000000293. The lowest BCUT2D eigenvalue weighted by atomic mass is 10.1. The van der Waals surface area contributed by atoms with Crippen molar-refractivity contribution >= 4 is 17.3 Å². The molecule has 0 spiro atoms. The third kappa shape index (κ3) is 8.42. The van der Waals surface area contributed by atoms with Crippen LogP contribution < -0.4 is 27.8 Å². The van der Waals surface area contributed by atoms with E-state index >= 15 is 0 Å². The summed E-state index contributed by atoms with van der Waals surface area (Å²) in [5.41, 5.74) is 5.76. The number of nitrogen functional groups attached to an aromatic ring is 1. The lowest BCUT2D eigenvalue weighted by molar-refractivity contribution is 0.908. The second-order valence-corrected chi connectivity index (χ2v) is 5.03. The van der Waals surface area contributed by atoms with Crippen LogP contribution in [0.25, 0.3) is 0 Å². The molecule has 0 aliphatic carbocycles. The van der Waals surface area contributed by atoms with Gasteiger partial charge in [-0.1, -0.05) is 26.7 Å². The van der Waals surface area contributed by atoms with Crippen LogP contribution in [-0.2, 0) is 0 Å². The highest BCUT2D eigenvalue weighted by Gasteiger charge is 1.98. The van der Waals surface area contributed by atoms with Crippen LogP contribution in [0.1, 0.15) is 39.5 Å². The van der Waals surface area contributed by atoms with E-state index < -0.39 is 0 Å². The van der Waals surface area contributed by atoms with Gasteiger partial charge in [0.1, 0.15) is 5.82 Å². The number of anilines is 2. The first kappa shape index (κ1) is 20.0. The second-order valence-electron chi connectivity index (χ2n) is 5.03. The maximum Gasteiger partial charge on any atom is 0.252 e. The van der Waals surface area contributed by atoms with E-state index in [1.807, 2.05) is 0 Å². The Morgan fingerprint density at radius 3 is 2.00 bits per heavy atom. The summed E-state index contributed by atoms with van der Waals surface area (Å²) in [4.78, 5) is 33.9. The number of H-pyrrole nitrogens is 2. The molecule has 0 fully saturated rings. The fraction of sp³-hybridized carbons (Fsp3) is 0.400. The molecule has 0 unspecified atom stereocenters. The molecule has 0 aromatic carbocycles. The van der Waals surface area contributed by atoms with Gasteiger partial charge in [0.2, 0.25) is 0 Å². The number of aromatic nitrogens is 4. The van der Waals surface area contributed by atoms with Gasteiger partial charge >= 0.3 is 0 Å². The van der Waals surface area contributed by atoms with Gasteiger partial charge in [0, 0.05) is 17.8 Å². The van der Waals surface area contributed by atoms with Crippen molar-refractivity contribution in [1.29, 1.82) is 0 Å². The molecule has 0 amide bonds. The predicted octanol–water partition coefficient (Wildman–Crippen LogP) is 1.19. The largest absolute Gasteiger partial charge is 0.313 e. The number of hydrazone groups is 1. The highest BCUT2D eigenvalue weighted by atomic mass is 16.1. The maximum atomic E-state index is 11.0. The number of hydrazine groups is 1. The van der Waals surface area contributed by atoms with Crippen LogP contribution in [0.15, 0.2) is 39.5 Å². The standard InChI is InChI=1S/C11H18N4O.C4H6N4O/c1-3-5-9(6-4-2)14-15-10-7-11(16)13-8-12-10;5-8-3-1-4(9)7-2-6-3/h7-8H,3-6H2,1-2H3,(H2,12,13,15,16);1-2H,5H2,(H2,6,7,8,9). The Labute approximate surface area is 145 Å². The zero-order valence-corrected chi connectivity index (χ0v) is 14.4. The first-order chi connectivity index (χ1) is 12.1. The summed E-state index contributed by atoms with van der Waals surface area (Å²) in [5, 5.41) is 4.27. The van der Waals surface area contributed by atoms with E-state index in [0.717, 1.165) is 31.4 Å². The molecule has 0 aliphatic heterocycles. The Hall–Kier alpha value is -3.01. The summed E-state index contributed by atoms with van der Waals surface area (Å²) in [7, 11) is 0. The first-order valence-corrected chi connectivity index (χ1v) is 7.96. The predicted molar refractivity (Wildman–Crippen MR) is 98.4 cm³/mol. The van der Waals surface area contributed by atoms with Crippen LogP contribution >= 0.6 is 0 Å². The maximum absolute atomic E-state index is 11.0. The van der Waals surface area contributed by atoms with E-state index in [1.165, 1.54) is 24.8 Å². The number of rotatable bonds is 7. The highest BCUT2D eigenvalue weighted by molar-refractivity contribution is 5.84. The topological polar surface area (TPSA) is 154 Å². The Kier molecular flexibility index (Phi) is 9.23. The van der Waals surface area contributed by atoms with Gasteiger partial charge in [-0.05, 0) is 12.8 Å². The van der Waals surface area contributed by atoms with Crippen LogP contribution in [0, 0.1) is 0 Å². The van der Waals surface area contributed by atoms with Crippen molar-refractivity contribution in [3.8, 4) is 0 Å². The average molecular weight is 348 g/mol. The third-order valence-electron chi connectivity index (χ3n) is 2.91. The summed E-state index contributed by atoms with van der Waals surface area (Å²) in [6.45, 7) is 4.24. The summed E-state index contributed by atoms with van der Waals surface area (Å²) in [5.74, 6) is 5.79. The van der Waals surface area contributed by atoms with Crippen LogP contribution in [-0.4, -0.2) is 25.6 Å². The minimum atomic E-state index is -0.224. The van der Waals surface area contributed by atoms with Crippen molar-refractivity contribution in [3.05, 3.63) is 45.5 Å². The number of nitrogens with zero attached hydrogens (tertiary/aromatic N) is 3. The number of hydrogen-bond donors (Lipinski definition) is 5. The fourth-order valence-corrected chi connectivity index (χ4v) is 1.83. The summed E-state index contributed by atoms with van der Waals surface area (Å²) >= 11 is 0. The van der Waals surface area contributed by atoms with Crippen molar-refractivity contribution < 1.29 is 0 Å². The van der Waals surface area contributed by atoms with Crippen LogP contribution in [0.4, 0.5) is 11.6 Å². The van der Waals surface area contributed by atoms with E-state index in [2.05, 4.69) is 49.7 Å². The molecule has 0 bridgehead atoms. The average Bonchev–Trinajstić information content (AvgIpc) is 2.61. The molecule has 10 heteroatoms. The molecule has 0 atom stereocenters. The number of aromatic amines is 2. The second kappa shape index (κ2) is 11.5. The quantitative estimate of drug-likeness (QED) is 0.286. The minimum absolute atomic E-state index is 0.180. The van der Waals surface area contributed by atoms with Gasteiger partial charge < -0.3 is 15.4 Å². The lowest BCUT2D eigenvalue weighted by Gasteiger charge is -2.04. The van der Waals surface area contributed by atoms with Crippen molar-refractivity contribution in [2.75, 3.05) is 10.9 Å². The molecule has 25 heavy (non-hydrogen) atoms. The Morgan fingerprint density at radius 1 is 1.04 bits per heavy atom. The lowest BCUT2D eigenvalue weighted by Crippen LogP contribution is -2.13. The number of hydrogen-bond acceptors (Lipinski definition) is 8. The van der Waals surface area contributed by atoms with Crippen molar-refractivity contribution in [2.24, 2.45) is 10.9 Å². The summed E-state index contributed by atoms with van der Waals surface area (Å²) in [6, 6.07) is 2.65. The van der Waals surface area contributed by atoms with Gasteiger partial charge in [-0.3, -0.25) is 15.0 Å². The summed E-state index contributed by atoms with van der Waals surface area (Å²) in [6.07, 6.45) is 6.73. The van der Waals surface area contributed by atoms with Crippen molar-refractivity contribution in [3.63, 3.8) is 0 Å². The molecule has 136 valence electrons. The van der Waals surface area contributed by atoms with E-state index in [-0.39, 0.29) is 11.1 Å². The highest BCUT2D eigenvalue weighted by Crippen LogP contribution is 2.02. The number of nitrogens with two attached hydrogens (primary N) is 1. The molecule has 2 aromatic heterocycles. The molecule has 6 N–H and O–H groups in total. The van der Waals surface area contributed by atoms with E-state index in [4.69, 9.17) is 5.84 Å². The molecule has 0 saturated carbocycles. The normalized spacial score (nSPS) is 9.56. The molecular formula is C15H24N8O2. The van der Waals surface area contributed by atoms with Gasteiger partial charge in [-0.25, -0.2) is 15.8 Å². The molecule has 2 rings (SSSR count). The van der Waals surface area contributed by atoms with E-state index in [1.54, 1.807) is 0 Å². The zero-order chi connectivity index (χ0) is 18.5. The van der Waals surface area contributed by atoms with Crippen molar-refractivity contribution in [2.45, 2.75) is 39.5 Å². The van der Waals surface area contributed by atoms with Crippen LogP contribution in [0.3, 0.4) is 0 Å². The van der Waals surface area contributed by atoms with Gasteiger partial charge in [0.25, 0.3) is 11.1 Å². The van der Waals surface area contributed by atoms with E-state index in [9.17, 15) is 9.59 Å². The molecule has 0 saturated heterocycles. The molecule has 0 aliphatic rings. The third-order valence-corrected chi connectivity index (χ3v) is 2.91. The SMILES string of the molecule is CCCC(CCC)=NNc1cc(=O)[nH]cn1.NNc1cc(=O)[nH]cn1. The zero-order valence-electron chi connectivity index (χ0n) is 14.4. The van der Waals surface area contributed by atoms with E-state index in [0.29, 0.717) is 11.6 Å². The van der Waals surface area contributed by atoms with Gasteiger partial charge in [0.05, 0.1) is 12.7 Å². The Bertz CT molecular complexity index is 760. The number of nitrogens with one attached hydrogen (secondary N) is 4. The molecular weight excluding hydrogens is 324 g/mol. The molecule has 2 aromatic rings. The molecule has 2 heterocycles. The molecule has 0 radical (unpaired) electrons. The van der Waals surface area contributed by atoms with Crippen molar-refractivity contribution in [1.82, 2.24) is 19.9 Å². The monoisotopic (exact) mass is 348 g/mol. The fourth-order valence-electron chi connectivity index (χ4n) is 1.83. The van der Waals surface area contributed by atoms with Gasteiger partial charge in [-0.2, -0.15) is 5.10 Å². The Morgan fingerprint density at radius 2 is 1.56 bits per heavy atom.